The number of halogens is 3. The summed E-state index contributed by atoms with van der Waals surface area (Å²) in [6.07, 6.45) is -3.52. The number of amides is 2. The van der Waals surface area contributed by atoms with Gasteiger partial charge in [0.15, 0.2) is 0 Å². The number of β-amino-alcohol motifs (C(OH)–C–C–N with tert-alkyl or cyclic N) is 1. The summed E-state index contributed by atoms with van der Waals surface area (Å²) in [5.41, 5.74) is 4.32. The average molecular weight is 642 g/mol. The van der Waals surface area contributed by atoms with E-state index in [4.69, 9.17) is 0 Å². The van der Waals surface area contributed by atoms with Crippen LogP contribution in [0.25, 0.3) is 22.3 Å². The molecule has 47 heavy (non-hydrogen) atoms. The van der Waals surface area contributed by atoms with E-state index in [-0.39, 0.29) is 24.8 Å². The summed E-state index contributed by atoms with van der Waals surface area (Å²) in [5.74, 6) is -0.833. The van der Waals surface area contributed by atoms with Crippen LogP contribution in [0.1, 0.15) is 47.2 Å². The standard InChI is InChI=1S/C38H38F3N3O3/c39-38(40,41)25-42-36(47)37(33-12-6-4-10-31(33)32-11-5-7-13-34(32)37)21-18-30(45)24-44-22-19-29(20-23-44)43-35(46)28-16-14-27(15-17-28)26-8-2-1-3-9-26/h1-17,29-30,45H,18-25H2,(H,42,47)(H,43,46). The number of aliphatic hydroxyl groups is 1. The molecule has 9 heteroatoms. The second-order valence-corrected chi connectivity index (χ2v) is 12.5. The Morgan fingerprint density at radius 1 is 0.809 bits per heavy atom. The number of alkyl halides is 3. The van der Waals surface area contributed by atoms with Crippen LogP contribution in [0.4, 0.5) is 13.2 Å². The van der Waals surface area contributed by atoms with Crippen LogP contribution in [0.2, 0.25) is 0 Å². The fourth-order valence-electron chi connectivity index (χ4n) is 7.03. The maximum absolute atomic E-state index is 13.7. The van der Waals surface area contributed by atoms with E-state index in [9.17, 15) is 27.9 Å². The molecule has 0 saturated carbocycles. The molecular formula is C38H38F3N3O3. The second-order valence-electron chi connectivity index (χ2n) is 12.5. The number of carbonyl (C=O) groups is 2. The summed E-state index contributed by atoms with van der Waals surface area (Å²) in [6, 6.07) is 32.2. The van der Waals surface area contributed by atoms with Gasteiger partial charge in [0.05, 0.1) is 6.10 Å². The van der Waals surface area contributed by atoms with Gasteiger partial charge in [-0.3, -0.25) is 9.59 Å². The zero-order chi connectivity index (χ0) is 33.0. The van der Waals surface area contributed by atoms with Crippen molar-refractivity contribution in [3.8, 4) is 22.3 Å². The summed E-state index contributed by atoms with van der Waals surface area (Å²) >= 11 is 0. The van der Waals surface area contributed by atoms with Crippen molar-refractivity contribution < 1.29 is 27.9 Å². The first-order chi connectivity index (χ1) is 22.6. The van der Waals surface area contributed by atoms with Gasteiger partial charge in [-0.05, 0) is 71.2 Å². The molecule has 2 amide bonds. The average Bonchev–Trinajstić information content (AvgIpc) is 3.38. The molecule has 3 N–H and O–H groups in total. The Morgan fingerprint density at radius 2 is 1.36 bits per heavy atom. The monoisotopic (exact) mass is 641 g/mol. The third-order valence-electron chi connectivity index (χ3n) is 9.40. The molecule has 1 unspecified atom stereocenters. The highest BCUT2D eigenvalue weighted by Gasteiger charge is 2.49. The van der Waals surface area contributed by atoms with Gasteiger partial charge in [-0.1, -0.05) is 91.0 Å². The van der Waals surface area contributed by atoms with Crippen LogP contribution in [0.3, 0.4) is 0 Å². The molecule has 0 spiro atoms. The lowest BCUT2D eigenvalue weighted by atomic mass is 9.73. The number of hydrogen-bond donors (Lipinski definition) is 3. The number of rotatable bonds is 10. The Hall–Kier alpha value is -4.47. The van der Waals surface area contributed by atoms with E-state index in [0.29, 0.717) is 36.3 Å². The number of piperidine rings is 1. The molecule has 1 aliphatic heterocycles. The molecule has 1 heterocycles. The number of likely N-dealkylation sites (tertiary alicyclic amines) is 1. The van der Waals surface area contributed by atoms with Crippen molar-refractivity contribution in [1.82, 2.24) is 15.5 Å². The van der Waals surface area contributed by atoms with Gasteiger partial charge >= 0.3 is 6.18 Å². The predicted octanol–water partition coefficient (Wildman–Crippen LogP) is 6.33. The molecule has 0 bridgehead atoms. The molecule has 1 atom stereocenters. The number of hydrogen-bond acceptors (Lipinski definition) is 4. The Morgan fingerprint density at radius 3 is 1.96 bits per heavy atom. The van der Waals surface area contributed by atoms with Crippen molar-refractivity contribution in [2.24, 2.45) is 0 Å². The second kappa shape index (κ2) is 13.7. The number of nitrogens with zero attached hydrogens (tertiary/aromatic N) is 1. The number of benzene rings is 4. The van der Waals surface area contributed by atoms with Crippen molar-refractivity contribution in [3.05, 3.63) is 120 Å². The first-order valence-electron chi connectivity index (χ1n) is 16.1. The Kier molecular flexibility index (Phi) is 9.47. The van der Waals surface area contributed by atoms with Crippen LogP contribution in [0.15, 0.2) is 103 Å². The number of carbonyl (C=O) groups excluding carboxylic acids is 2. The van der Waals surface area contributed by atoms with Crippen LogP contribution in [0.5, 0.6) is 0 Å². The van der Waals surface area contributed by atoms with E-state index in [1.165, 1.54) is 0 Å². The fourth-order valence-corrected chi connectivity index (χ4v) is 7.03. The highest BCUT2D eigenvalue weighted by Crippen LogP contribution is 2.51. The molecule has 1 aliphatic carbocycles. The van der Waals surface area contributed by atoms with E-state index >= 15 is 0 Å². The van der Waals surface area contributed by atoms with Gasteiger partial charge in [-0.2, -0.15) is 13.2 Å². The zero-order valence-electron chi connectivity index (χ0n) is 26.0. The lowest BCUT2D eigenvalue weighted by Crippen LogP contribution is -2.48. The maximum Gasteiger partial charge on any atom is 0.405 e. The molecule has 1 fully saturated rings. The number of aliphatic hydroxyl groups excluding tert-OH is 1. The van der Waals surface area contributed by atoms with E-state index in [1.807, 2.05) is 78.9 Å². The van der Waals surface area contributed by atoms with Gasteiger partial charge in [0, 0.05) is 31.2 Å². The van der Waals surface area contributed by atoms with Crippen molar-refractivity contribution in [3.63, 3.8) is 0 Å². The highest BCUT2D eigenvalue weighted by molar-refractivity contribution is 6.00. The van der Waals surface area contributed by atoms with Gasteiger partial charge in [0.2, 0.25) is 5.91 Å². The Bertz CT molecular complexity index is 1660. The molecule has 4 aromatic carbocycles. The van der Waals surface area contributed by atoms with Gasteiger partial charge in [0.1, 0.15) is 12.0 Å². The number of fused-ring (bicyclic) bond motifs is 3. The van der Waals surface area contributed by atoms with Crippen molar-refractivity contribution >= 4 is 11.8 Å². The molecule has 2 aliphatic rings. The first kappa shape index (κ1) is 32.5. The summed E-state index contributed by atoms with van der Waals surface area (Å²) in [6.45, 7) is 0.297. The third kappa shape index (κ3) is 7.11. The van der Waals surface area contributed by atoms with E-state index < -0.39 is 30.1 Å². The van der Waals surface area contributed by atoms with Gasteiger partial charge in [0.25, 0.3) is 5.91 Å². The lowest BCUT2D eigenvalue weighted by Gasteiger charge is -2.35. The smallest absolute Gasteiger partial charge is 0.392 e. The van der Waals surface area contributed by atoms with Gasteiger partial charge in [-0.15, -0.1) is 0 Å². The largest absolute Gasteiger partial charge is 0.405 e. The lowest BCUT2D eigenvalue weighted by molar-refractivity contribution is -0.141. The molecule has 0 radical (unpaired) electrons. The maximum atomic E-state index is 13.7. The first-order valence-corrected chi connectivity index (χ1v) is 16.1. The minimum Gasteiger partial charge on any atom is -0.392 e. The fraction of sp³-hybridized carbons (Fsp3) is 0.316. The topological polar surface area (TPSA) is 81.7 Å². The molecule has 1 saturated heterocycles. The molecular weight excluding hydrogens is 603 g/mol. The Balaban J connectivity index is 1.06. The van der Waals surface area contributed by atoms with Crippen LogP contribution in [0, 0.1) is 0 Å². The van der Waals surface area contributed by atoms with Crippen molar-refractivity contribution in [2.75, 3.05) is 26.2 Å². The van der Waals surface area contributed by atoms with E-state index in [1.54, 1.807) is 24.3 Å². The predicted molar refractivity (Wildman–Crippen MR) is 176 cm³/mol. The van der Waals surface area contributed by atoms with Crippen LogP contribution in [-0.2, 0) is 10.2 Å². The van der Waals surface area contributed by atoms with Gasteiger partial charge in [-0.25, -0.2) is 0 Å². The van der Waals surface area contributed by atoms with E-state index in [2.05, 4.69) is 15.5 Å². The molecule has 6 nitrogen and oxygen atoms in total. The van der Waals surface area contributed by atoms with Crippen LogP contribution < -0.4 is 10.6 Å². The minimum atomic E-state index is -4.55. The van der Waals surface area contributed by atoms with E-state index in [0.717, 1.165) is 35.1 Å². The SMILES string of the molecule is O=C(NC1CCN(CC(O)CCC2(C(=O)NCC(F)(F)F)c3ccccc3-c3ccccc32)CC1)c1ccc(-c2ccccc2)cc1. The normalized spacial score (nSPS) is 16.6. The Labute approximate surface area is 272 Å². The molecule has 244 valence electrons. The summed E-state index contributed by atoms with van der Waals surface area (Å²) in [4.78, 5) is 28.8. The molecule has 4 aromatic rings. The summed E-state index contributed by atoms with van der Waals surface area (Å²) in [7, 11) is 0. The van der Waals surface area contributed by atoms with Crippen molar-refractivity contribution in [2.45, 2.75) is 49.4 Å². The molecule has 0 aromatic heterocycles. The third-order valence-corrected chi connectivity index (χ3v) is 9.40. The summed E-state index contributed by atoms with van der Waals surface area (Å²) < 4.78 is 39.5. The van der Waals surface area contributed by atoms with Gasteiger partial charge < -0.3 is 20.6 Å². The van der Waals surface area contributed by atoms with Crippen LogP contribution >= 0.6 is 0 Å². The summed E-state index contributed by atoms with van der Waals surface area (Å²) in [5, 5.41) is 16.4. The highest BCUT2D eigenvalue weighted by atomic mass is 19.4. The van der Waals surface area contributed by atoms with Crippen LogP contribution in [-0.4, -0.2) is 66.3 Å². The minimum absolute atomic E-state index is 0.0109. The van der Waals surface area contributed by atoms with Crippen molar-refractivity contribution in [1.29, 1.82) is 0 Å². The molecule has 6 rings (SSSR count). The zero-order valence-corrected chi connectivity index (χ0v) is 26.0. The quantitative estimate of drug-likeness (QED) is 0.189. The number of nitrogens with one attached hydrogen (secondary N) is 2.